The highest BCUT2D eigenvalue weighted by molar-refractivity contribution is 5.52. The molecule has 0 aromatic carbocycles. The summed E-state index contributed by atoms with van der Waals surface area (Å²) in [6.07, 6.45) is 11.4. The van der Waals surface area contributed by atoms with E-state index >= 15 is 0 Å². The molecule has 0 aromatic rings. The lowest BCUT2D eigenvalue weighted by Crippen LogP contribution is -2.18. The van der Waals surface area contributed by atoms with Crippen LogP contribution in [0.15, 0.2) is 46.3 Å². The summed E-state index contributed by atoms with van der Waals surface area (Å²) in [5.41, 5.74) is 5.59. The van der Waals surface area contributed by atoms with Crippen molar-refractivity contribution in [2.75, 3.05) is 0 Å². The van der Waals surface area contributed by atoms with Gasteiger partial charge < -0.3 is 0 Å². The van der Waals surface area contributed by atoms with E-state index in [1.807, 2.05) is 0 Å². The molecule has 1 unspecified atom stereocenters. The van der Waals surface area contributed by atoms with Gasteiger partial charge in [-0.3, -0.25) is 0 Å². The second-order valence-electron chi connectivity index (χ2n) is 4.99. The van der Waals surface area contributed by atoms with E-state index in [2.05, 4.69) is 19.1 Å². The Morgan fingerprint density at radius 3 is 3.00 bits per heavy atom. The maximum absolute atomic E-state index is 13.8. The molecular formula is C15H17F. The fourth-order valence-electron chi connectivity index (χ4n) is 3.25. The lowest BCUT2D eigenvalue weighted by Gasteiger charge is -2.33. The van der Waals surface area contributed by atoms with Crippen molar-refractivity contribution >= 4 is 0 Å². The third-order valence-electron chi connectivity index (χ3n) is 4.12. The summed E-state index contributed by atoms with van der Waals surface area (Å²) in [6.45, 7) is 2.17. The minimum Gasteiger partial charge on any atom is -0.212 e. The summed E-state index contributed by atoms with van der Waals surface area (Å²) in [7, 11) is 0. The highest BCUT2D eigenvalue weighted by Gasteiger charge is 2.31. The van der Waals surface area contributed by atoms with Crippen molar-refractivity contribution in [3.05, 3.63) is 46.3 Å². The van der Waals surface area contributed by atoms with Crippen molar-refractivity contribution in [1.29, 1.82) is 0 Å². The van der Waals surface area contributed by atoms with Gasteiger partial charge in [-0.15, -0.1) is 0 Å². The molecule has 0 amide bonds. The number of hydrogen-bond acceptors (Lipinski definition) is 0. The topological polar surface area (TPSA) is 0 Å². The largest absolute Gasteiger partial charge is 0.212 e. The smallest absolute Gasteiger partial charge is 0.103 e. The lowest BCUT2D eigenvalue weighted by atomic mass is 9.72. The molecule has 0 aliphatic heterocycles. The zero-order chi connectivity index (χ0) is 11.1. The Hall–Kier alpha value is -1.11. The predicted octanol–water partition coefficient (Wildman–Crippen LogP) is 4.62. The fraction of sp³-hybridized carbons (Fsp3) is 0.467. The molecule has 0 saturated carbocycles. The van der Waals surface area contributed by atoms with Gasteiger partial charge in [-0.1, -0.05) is 29.4 Å². The Morgan fingerprint density at radius 2 is 2.12 bits per heavy atom. The Kier molecular flexibility index (Phi) is 2.34. The van der Waals surface area contributed by atoms with Gasteiger partial charge in [0, 0.05) is 5.92 Å². The number of halogens is 1. The van der Waals surface area contributed by atoms with Gasteiger partial charge in [-0.05, 0) is 50.2 Å². The molecule has 3 aliphatic carbocycles. The molecule has 0 spiro atoms. The van der Waals surface area contributed by atoms with Crippen LogP contribution in [-0.2, 0) is 0 Å². The lowest BCUT2D eigenvalue weighted by molar-refractivity contribution is 0.462. The molecule has 0 N–H and O–H groups in total. The van der Waals surface area contributed by atoms with Crippen molar-refractivity contribution in [2.45, 2.75) is 39.0 Å². The number of rotatable bonds is 0. The van der Waals surface area contributed by atoms with Gasteiger partial charge in [0.1, 0.15) is 5.83 Å². The second-order valence-corrected chi connectivity index (χ2v) is 4.99. The summed E-state index contributed by atoms with van der Waals surface area (Å²) in [5, 5.41) is 0. The Morgan fingerprint density at radius 1 is 1.25 bits per heavy atom. The monoisotopic (exact) mass is 216 g/mol. The van der Waals surface area contributed by atoms with E-state index in [0.717, 1.165) is 32.1 Å². The van der Waals surface area contributed by atoms with E-state index < -0.39 is 0 Å². The first kappa shape index (κ1) is 10.1. The van der Waals surface area contributed by atoms with Gasteiger partial charge in [0.25, 0.3) is 0 Å². The molecule has 0 heterocycles. The summed E-state index contributed by atoms with van der Waals surface area (Å²) in [4.78, 5) is 0. The quantitative estimate of drug-likeness (QED) is 0.554. The number of allylic oxidation sites excluding steroid dienone is 8. The van der Waals surface area contributed by atoms with Gasteiger partial charge in [-0.25, -0.2) is 4.39 Å². The predicted molar refractivity (Wildman–Crippen MR) is 64.6 cm³/mol. The first-order valence-corrected chi connectivity index (χ1v) is 6.21. The van der Waals surface area contributed by atoms with Crippen LogP contribution < -0.4 is 0 Å². The summed E-state index contributed by atoms with van der Waals surface area (Å²) in [5.74, 6) is 0.195. The van der Waals surface area contributed by atoms with Gasteiger partial charge in [-0.2, -0.15) is 0 Å². The summed E-state index contributed by atoms with van der Waals surface area (Å²) >= 11 is 0. The first-order valence-electron chi connectivity index (χ1n) is 6.21. The van der Waals surface area contributed by atoms with Gasteiger partial charge in [0.15, 0.2) is 0 Å². The molecule has 3 aliphatic rings. The van der Waals surface area contributed by atoms with Gasteiger partial charge in [0.05, 0.1) is 0 Å². The van der Waals surface area contributed by atoms with Crippen molar-refractivity contribution in [3.63, 3.8) is 0 Å². The zero-order valence-electron chi connectivity index (χ0n) is 9.72. The highest BCUT2D eigenvalue weighted by atomic mass is 19.1. The molecule has 0 nitrogen and oxygen atoms in total. The van der Waals surface area contributed by atoms with Crippen LogP contribution >= 0.6 is 0 Å². The van der Waals surface area contributed by atoms with Gasteiger partial charge >= 0.3 is 0 Å². The van der Waals surface area contributed by atoms with Crippen LogP contribution in [0, 0.1) is 5.92 Å². The number of hydrogen-bond donors (Lipinski definition) is 0. The van der Waals surface area contributed by atoms with Crippen LogP contribution in [0.5, 0.6) is 0 Å². The zero-order valence-corrected chi connectivity index (χ0v) is 9.72. The molecule has 0 bridgehead atoms. The van der Waals surface area contributed by atoms with Crippen molar-refractivity contribution < 1.29 is 4.39 Å². The van der Waals surface area contributed by atoms with E-state index in [1.165, 1.54) is 22.3 Å². The first-order chi connectivity index (χ1) is 7.77. The molecule has 0 saturated heterocycles. The van der Waals surface area contributed by atoms with Crippen LogP contribution in [0.4, 0.5) is 4.39 Å². The van der Waals surface area contributed by atoms with Crippen molar-refractivity contribution in [2.24, 2.45) is 5.92 Å². The van der Waals surface area contributed by atoms with Crippen molar-refractivity contribution in [1.82, 2.24) is 0 Å². The standard InChI is InChI=1S/C15H17F/c1-10-12-6-3-2-5-11(12)9-14-13(10)7-4-8-15(14)16/h3,6,8,14H,2,4-5,7,9H2,1H3. The molecule has 16 heavy (non-hydrogen) atoms. The molecule has 1 heteroatoms. The van der Waals surface area contributed by atoms with Crippen LogP contribution in [0.3, 0.4) is 0 Å². The van der Waals surface area contributed by atoms with E-state index in [1.54, 1.807) is 6.08 Å². The average Bonchev–Trinajstić information content (AvgIpc) is 2.31. The van der Waals surface area contributed by atoms with E-state index in [-0.39, 0.29) is 11.7 Å². The average molecular weight is 216 g/mol. The molecule has 1 atom stereocenters. The highest BCUT2D eigenvalue weighted by Crippen LogP contribution is 2.45. The molecule has 0 radical (unpaired) electrons. The Balaban J connectivity index is 2.08. The van der Waals surface area contributed by atoms with Crippen molar-refractivity contribution in [3.8, 4) is 0 Å². The number of fused-ring (bicyclic) bond motifs is 1. The summed E-state index contributed by atoms with van der Waals surface area (Å²) < 4.78 is 13.8. The maximum atomic E-state index is 13.8. The second kappa shape index (κ2) is 3.73. The Labute approximate surface area is 96.2 Å². The maximum Gasteiger partial charge on any atom is 0.103 e. The van der Waals surface area contributed by atoms with Gasteiger partial charge in [0.2, 0.25) is 0 Å². The SMILES string of the molecule is CC1=C2CCC=C(F)C2CC2=C1C=CCC2. The van der Waals surface area contributed by atoms with Crippen LogP contribution in [0.1, 0.15) is 39.0 Å². The van der Waals surface area contributed by atoms with Crippen LogP contribution in [0.25, 0.3) is 0 Å². The molecule has 0 aromatic heterocycles. The normalized spacial score (nSPS) is 28.9. The van der Waals surface area contributed by atoms with E-state index in [0.29, 0.717) is 0 Å². The minimum atomic E-state index is 0.0824. The molecule has 0 fully saturated rings. The molecular weight excluding hydrogens is 199 g/mol. The molecule has 3 rings (SSSR count). The summed E-state index contributed by atoms with van der Waals surface area (Å²) in [6, 6.07) is 0. The third-order valence-corrected chi connectivity index (χ3v) is 4.12. The fourth-order valence-corrected chi connectivity index (χ4v) is 3.25. The van der Waals surface area contributed by atoms with E-state index in [9.17, 15) is 4.39 Å². The van der Waals surface area contributed by atoms with Crippen LogP contribution in [0.2, 0.25) is 0 Å². The Bertz CT molecular complexity index is 446. The molecule has 84 valence electrons. The van der Waals surface area contributed by atoms with E-state index in [4.69, 9.17) is 0 Å². The third kappa shape index (κ3) is 1.41. The van der Waals surface area contributed by atoms with Crippen LogP contribution in [-0.4, -0.2) is 0 Å². The minimum absolute atomic E-state index is 0.0824.